The van der Waals surface area contributed by atoms with E-state index in [0.717, 1.165) is 24.5 Å². The molecule has 0 aliphatic carbocycles. The Balaban J connectivity index is 1.74. The number of hydrogen-bond donors (Lipinski definition) is 2. The summed E-state index contributed by atoms with van der Waals surface area (Å²) in [5, 5.41) is 6.38. The van der Waals surface area contributed by atoms with E-state index >= 15 is 0 Å². The second-order valence-corrected chi connectivity index (χ2v) is 6.67. The average Bonchev–Trinajstić information content (AvgIpc) is 2.56. The van der Waals surface area contributed by atoms with Crippen LogP contribution in [-0.4, -0.2) is 31.4 Å². The van der Waals surface area contributed by atoms with Gasteiger partial charge in [-0.05, 0) is 43.9 Å². The Kier molecular flexibility index (Phi) is 5.06. The highest BCUT2D eigenvalue weighted by atomic mass is 35.5. The van der Waals surface area contributed by atoms with E-state index in [-0.39, 0.29) is 17.7 Å². The van der Waals surface area contributed by atoms with Gasteiger partial charge in [0.05, 0.1) is 17.3 Å². The lowest BCUT2D eigenvalue weighted by Gasteiger charge is -2.31. The normalized spacial score (nSPS) is 21.7. The van der Waals surface area contributed by atoms with Gasteiger partial charge in [-0.1, -0.05) is 11.6 Å². The zero-order valence-corrected chi connectivity index (χ0v) is 13.9. The van der Waals surface area contributed by atoms with Crippen LogP contribution < -0.4 is 15.5 Å². The van der Waals surface area contributed by atoms with E-state index in [1.807, 2.05) is 18.2 Å². The standard InChI is InChI=1S/C17H22ClN3O2/c18-13-5-6-15(21-8-2-1-3-9-21)14(10-13)20-17(23)12-4-7-16(22)19-11-12/h5-6,10,12H,1-4,7-9,11H2,(H,19,22)(H,20,23)/t12-/m0/s1. The predicted octanol–water partition coefficient (Wildman–Crippen LogP) is 2.80. The number of nitrogens with one attached hydrogen (secondary N) is 2. The predicted molar refractivity (Wildman–Crippen MR) is 91.9 cm³/mol. The molecule has 1 aromatic carbocycles. The molecule has 2 heterocycles. The Labute approximate surface area is 141 Å². The van der Waals surface area contributed by atoms with Gasteiger partial charge in [0, 0.05) is 31.1 Å². The van der Waals surface area contributed by atoms with Crippen molar-refractivity contribution in [1.29, 1.82) is 0 Å². The average molecular weight is 336 g/mol. The first-order valence-corrected chi connectivity index (χ1v) is 8.63. The fourth-order valence-electron chi connectivity index (χ4n) is 3.21. The van der Waals surface area contributed by atoms with Crippen LogP contribution in [0.4, 0.5) is 11.4 Å². The van der Waals surface area contributed by atoms with Crippen LogP contribution in [0.1, 0.15) is 32.1 Å². The molecule has 1 aromatic rings. The van der Waals surface area contributed by atoms with Crippen molar-refractivity contribution in [2.45, 2.75) is 32.1 Å². The van der Waals surface area contributed by atoms with Crippen LogP contribution in [0.3, 0.4) is 0 Å². The van der Waals surface area contributed by atoms with Gasteiger partial charge in [-0.2, -0.15) is 0 Å². The number of carbonyl (C=O) groups excluding carboxylic acids is 2. The molecule has 124 valence electrons. The molecule has 2 fully saturated rings. The molecule has 0 radical (unpaired) electrons. The van der Waals surface area contributed by atoms with Gasteiger partial charge in [-0.3, -0.25) is 9.59 Å². The van der Waals surface area contributed by atoms with Gasteiger partial charge in [0.1, 0.15) is 0 Å². The highest BCUT2D eigenvalue weighted by Gasteiger charge is 2.25. The lowest BCUT2D eigenvalue weighted by Crippen LogP contribution is -2.40. The summed E-state index contributed by atoms with van der Waals surface area (Å²) in [6, 6.07) is 5.65. The third-order valence-corrected chi connectivity index (χ3v) is 4.78. The molecule has 0 unspecified atom stereocenters. The van der Waals surface area contributed by atoms with Crippen molar-refractivity contribution in [2.75, 3.05) is 29.9 Å². The van der Waals surface area contributed by atoms with E-state index in [4.69, 9.17) is 11.6 Å². The molecule has 2 aliphatic heterocycles. The quantitative estimate of drug-likeness (QED) is 0.893. The minimum atomic E-state index is -0.180. The lowest BCUT2D eigenvalue weighted by atomic mass is 9.98. The molecule has 2 N–H and O–H groups in total. The first-order valence-electron chi connectivity index (χ1n) is 8.25. The summed E-state index contributed by atoms with van der Waals surface area (Å²) >= 11 is 6.12. The zero-order chi connectivity index (χ0) is 16.2. The van der Waals surface area contributed by atoms with E-state index in [9.17, 15) is 9.59 Å². The molecule has 0 bridgehead atoms. The molecule has 2 saturated heterocycles. The second-order valence-electron chi connectivity index (χ2n) is 6.24. The molecule has 2 amide bonds. The second kappa shape index (κ2) is 7.21. The number of carbonyl (C=O) groups is 2. The van der Waals surface area contributed by atoms with Gasteiger partial charge in [-0.15, -0.1) is 0 Å². The van der Waals surface area contributed by atoms with Gasteiger partial charge < -0.3 is 15.5 Å². The number of rotatable bonds is 3. The SMILES string of the molecule is O=C1CC[C@H](C(=O)Nc2cc(Cl)ccc2N2CCCCC2)CN1. The fraction of sp³-hybridized carbons (Fsp3) is 0.529. The van der Waals surface area contributed by atoms with Gasteiger partial charge in [0.25, 0.3) is 0 Å². The van der Waals surface area contributed by atoms with Gasteiger partial charge in [0.2, 0.25) is 11.8 Å². The van der Waals surface area contributed by atoms with E-state index in [2.05, 4.69) is 15.5 Å². The number of piperidine rings is 2. The van der Waals surface area contributed by atoms with E-state index in [1.165, 1.54) is 19.3 Å². The van der Waals surface area contributed by atoms with Crippen LogP contribution in [0, 0.1) is 5.92 Å². The highest BCUT2D eigenvalue weighted by Crippen LogP contribution is 2.31. The van der Waals surface area contributed by atoms with Crippen molar-refractivity contribution in [3.63, 3.8) is 0 Å². The van der Waals surface area contributed by atoms with Crippen molar-refractivity contribution in [2.24, 2.45) is 5.92 Å². The van der Waals surface area contributed by atoms with Gasteiger partial charge >= 0.3 is 0 Å². The molecule has 6 heteroatoms. The molecule has 0 spiro atoms. The van der Waals surface area contributed by atoms with Gasteiger partial charge in [-0.25, -0.2) is 0 Å². The first kappa shape index (κ1) is 16.1. The lowest BCUT2D eigenvalue weighted by molar-refractivity contribution is -0.126. The Morgan fingerprint density at radius 3 is 2.74 bits per heavy atom. The highest BCUT2D eigenvalue weighted by molar-refractivity contribution is 6.31. The van der Waals surface area contributed by atoms with Crippen LogP contribution >= 0.6 is 11.6 Å². The molecule has 1 atom stereocenters. The Morgan fingerprint density at radius 2 is 2.04 bits per heavy atom. The first-order chi connectivity index (χ1) is 11.1. The largest absolute Gasteiger partial charge is 0.370 e. The maximum Gasteiger partial charge on any atom is 0.229 e. The van der Waals surface area contributed by atoms with Crippen molar-refractivity contribution in [3.05, 3.63) is 23.2 Å². The summed E-state index contributed by atoms with van der Waals surface area (Å²) in [5.74, 6) is -0.211. The number of anilines is 2. The van der Waals surface area contributed by atoms with Crippen LogP contribution in [0.15, 0.2) is 18.2 Å². The van der Waals surface area contributed by atoms with E-state index < -0.39 is 0 Å². The molecule has 0 aromatic heterocycles. The fourth-order valence-corrected chi connectivity index (χ4v) is 3.38. The minimum Gasteiger partial charge on any atom is -0.370 e. The Bertz CT molecular complexity index is 590. The molecule has 3 rings (SSSR count). The topological polar surface area (TPSA) is 61.4 Å². The van der Waals surface area contributed by atoms with Crippen molar-refractivity contribution in [1.82, 2.24) is 5.32 Å². The number of amides is 2. The number of halogens is 1. The Morgan fingerprint density at radius 1 is 1.26 bits per heavy atom. The summed E-state index contributed by atoms with van der Waals surface area (Å²) in [7, 11) is 0. The molecule has 2 aliphatic rings. The summed E-state index contributed by atoms with van der Waals surface area (Å²) in [5.41, 5.74) is 1.79. The minimum absolute atomic E-state index is 0.0193. The van der Waals surface area contributed by atoms with Crippen molar-refractivity contribution >= 4 is 34.8 Å². The Hall–Kier alpha value is -1.75. The third-order valence-electron chi connectivity index (χ3n) is 4.55. The molecular weight excluding hydrogens is 314 g/mol. The molecule has 0 saturated carbocycles. The summed E-state index contributed by atoms with van der Waals surface area (Å²) in [6.07, 6.45) is 4.60. The molecule has 23 heavy (non-hydrogen) atoms. The van der Waals surface area contributed by atoms with Crippen LogP contribution in [0.5, 0.6) is 0 Å². The smallest absolute Gasteiger partial charge is 0.229 e. The number of nitrogens with zero attached hydrogens (tertiary/aromatic N) is 1. The van der Waals surface area contributed by atoms with Crippen molar-refractivity contribution in [3.8, 4) is 0 Å². The van der Waals surface area contributed by atoms with Crippen molar-refractivity contribution < 1.29 is 9.59 Å². The molecular formula is C17H22ClN3O2. The van der Waals surface area contributed by atoms with E-state index in [1.54, 1.807) is 0 Å². The number of benzene rings is 1. The van der Waals surface area contributed by atoms with E-state index in [0.29, 0.717) is 24.4 Å². The third kappa shape index (κ3) is 3.96. The zero-order valence-electron chi connectivity index (χ0n) is 13.1. The van der Waals surface area contributed by atoms with Crippen LogP contribution in [0.2, 0.25) is 5.02 Å². The number of hydrogen-bond acceptors (Lipinski definition) is 3. The van der Waals surface area contributed by atoms with Crippen LogP contribution in [-0.2, 0) is 9.59 Å². The monoisotopic (exact) mass is 335 g/mol. The summed E-state index contributed by atoms with van der Waals surface area (Å²) in [4.78, 5) is 26.0. The maximum absolute atomic E-state index is 12.5. The summed E-state index contributed by atoms with van der Waals surface area (Å²) < 4.78 is 0. The maximum atomic E-state index is 12.5. The molecule has 5 nitrogen and oxygen atoms in total. The summed E-state index contributed by atoms with van der Waals surface area (Å²) in [6.45, 7) is 2.41. The van der Waals surface area contributed by atoms with Gasteiger partial charge in [0.15, 0.2) is 0 Å². The van der Waals surface area contributed by atoms with Crippen LogP contribution in [0.25, 0.3) is 0 Å².